The van der Waals surface area contributed by atoms with Gasteiger partial charge in [-0.3, -0.25) is 38.6 Å². The Bertz CT molecular complexity index is 1040. The molecule has 16 heteroatoms. The fourth-order valence-electron chi connectivity index (χ4n) is 4.68. The van der Waals surface area contributed by atoms with Crippen molar-refractivity contribution >= 4 is 36.2 Å². The highest BCUT2D eigenvalue weighted by atomic mass is 16.4. The zero-order valence-corrected chi connectivity index (χ0v) is 27.8. The SMILES string of the molecule is CC(C)CCCNc1c(NCCNC=O)c(=O)c1=O.CCN1CCN(CC)CCN(CC(=O)O)CCN(CC(=O)O)CC1.O=CO. The number of anilines is 2. The molecule has 0 spiro atoms. The van der Waals surface area contributed by atoms with Crippen LogP contribution in [-0.4, -0.2) is 158 Å². The minimum atomic E-state index is -0.841. The summed E-state index contributed by atoms with van der Waals surface area (Å²) in [7, 11) is 0. The molecule has 1 aromatic rings. The number of carboxylic acids is 2. The van der Waals surface area contributed by atoms with E-state index < -0.39 is 22.8 Å². The summed E-state index contributed by atoms with van der Waals surface area (Å²) in [5, 5.41) is 33.4. The van der Waals surface area contributed by atoms with Gasteiger partial charge in [0.15, 0.2) is 0 Å². The van der Waals surface area contributed by atoms with Crippen molar-refractivity contribution in [2.45, 2.75) is 40.5 Å². The van der Waals surface area contributed by atoms with Crippen molar-refractivity contribution in [1.82, 2.24) is 24.9 Å². The lowest BCUT2D eigenvalue weighted by molar-refractivity contribution is -0.140. The van der Waals surface area contributed by atoms with Gasteiger partial charge in [0.05, 0.1) is 13.1 Å². The van der Waals surface area contributed by atoms with Crippen LogP contribution in [0.5, 0.6) is 0 Å². The van der Waals surface area contributed by atoms with E-state index in [2.05, 4.69) is 53.4 Å². The minimum Gasteiger partial charge on any atom is -0.483 e. The number of carbonyl (C=O) groups excluding carboxylic acids is 1. The van der Waals surface area contributed by atoms with Crippen LogP contribution in [0.1, 0.15) is 40.5 Å². The molecule has 6 N–H and O–H groups in total. The summed E-state index contributed by atoms with van der Waals surface area (Å²) in [6.07, 6.45) is 2.63. The summed E-state index contributed by atoms with van der Waals surface area (Å²) >= 11 is 0. The molecule has 1 fully saturated rings. The van der Waals surface area contributed by atoms with Gasteiger partial charge < -0.3 is 41.1 Å². The second kappa shape index (κ2) is 25.6. The van der Waals surface area contributed by atoms with Gasteiger partial charge in [-0.25, -0.2) is 0 Å². The van der Waals surface area contributed by atoms with Crippen LogP contribution in [-0.2, 0) is 19.2 Å². The second-order valence-electron chi connectivity index (χ2n) is 11.2. The van der Waals surface area contributed by atoms with Crippen molar-refractivity contribution in [1.29, 1.82) is 0 Å². The van der Waals surface area contributed by atoms with E-state index in [0.29, 0.717) is 69.5 Å². The lowest BCUT2D eigenvalue weighted by Gasteiger charge is -2.32. The number of amides is 1. The molecule has 0 bridgehead atoms. The monoisotopic (exact) mass is 657 g/mol. The standard InChI is InChI=1S/C16H32N4O4.C13H21N3O3.CH2O2/c1-3-17-5-6-18(4-2)8-10-20(14-16(23)24)12-11-19(9-7-17)13-15(21)22;1-9(2)4-3-5-15-10-11(13(19)12(10)18)16-7-6-14-8-17;2-1-3/h3-14H2,1-2H3,(H,21,22)(H,23,24);8-9,15-16H,3-7H2,1-2H3,(H,14,17);1H,(H,2,3). The van der Waals surface area contributed by atoms with Crippen molar-refractivity contribution in [3.05, 3.63) is 20.4 Å². The molecular formula is C30H55N7O9. The molecule has 0 atom stereocenters. The first-order chi connectivity index (χ1) is 21.9. The van der Waals surface area contributed by atoms with Crippen LogP contribution in [0.4, 0.5) is 11.4 Å². The Balaban J connectivity index is 0.000000829. The van der Waals surface area contributed by atoms with Crippen LogP contribution in [0.3, 0.4) is 0 Å². The molecule has 1 heterocycles. The largest absolute Gasteiger partial charge is 0.483 e. The Morgan fingerprint density at radius 3 is 1.41 bits per heavy atom. The fraction of sp³-hybridized carbons (Fsp3) is 0.733. The van der Waals surface area contributed by atoms with Crippen LogP contribution in [0.2, 0.25) is 0 Å². The zero-order chi connectivity index (χ0) is 34.9. The molecule has 1 saturated heterocycles. The van der Waals surface area contributed by atoms with Crippen molar-refractivity contribution < 1.29 is 34.5 Å². The molecule has 0 aliphatic carbocycles. The molecule has 1 aliphatic heterocycles. The molecule has 0 radical (unpaired) electrons. The van der Waals surface area contributed by atoms with E-state index in [1.807, 2.05) is 9.80 Å². The van der Waals surface area contributed by atoms with Crippen molar-refractivity contribution in [3.63, 3.8) is 0 Å². The number of hydrogen-bond acceptors (Lipinski definition) is 12. The van der Waals surface area contributed by atoms with Crippen LogP contribution in [0, 0.1) is 5.92 Å². The van der Waals surface area contributed by atoms with Gasteiger partial charge in [-0.2, -0.15) is 0 Å². The first-order valence-corrected chi connectivity index (χ1v) is 15.8. The summed E-state index contributed by atoms with van der Waals surface area (Å²) < 4.78 is 0. The Hall–Kier alpha value is -3.60. The number of nitrogens with one attached hydrogen (secondary N) is 3. The summed E-state index contributed by atoms with van der Waals surface area (Å²) in [5.41, 5.74) is -0.241. The average molecular weight is 658 g/mol. The molecule has 1 aromatic carbocycles. The highest BCUT2D eigenvalue weighted by molar-refractivity contribution is 5.74. The van der Waals surface area contributed by atoms with E-state index in [1.165, 1.54) is 0 Å². The molecule has 0 unspecified atom stereocenters. The van der Waals surface area contributed by atoms with Gasteiger partial charge in [0.1, 0.15) is 11.4 Å². The maximum atomic E-state index is 11.4. The number of carboxylic acid groups (broad SMARTS) is 3. The third-order valence-corrected chi connectivity index (χ3v) is 7.37. The predicted octanol–water partition coefficient (Wildman–Crippen LogP) is -0.594. The Morgan fingerprint density at radius 2 is 1.09 bits per heavy atom. The molecule has 264 valence electrons. The number of nitrogens with zero attached hydrogens (tertiary/aromatic N) is 4. The molecule has 1 aliphatic rings. The predicted molar refractivity (Wildman–Crippen MR) is 178 cm³/mol. The third-order valence-electron chi connectivity index (χ3n) is 7.37. The molecule has 46 heavy (non-hydrogen) atoms. The zero-order valence-electron chi connectivity index (χ0n) is 27.8. The molecule has 16 nitrogen and oxygen atoms in total. The first kappa shape index (κ1) is 42.4. The fourth-order valence-corrected chi connectivity index (χ4v) is 4.68. The highest BCUT2D eigenvalue weighted by Crippen LogP contribution is 2.14. The molecule has 0 aromatic heterocycles. The molecule has 0 saturated carbocycles. The lowest BCUT2D eigenvalue weighted by atomic mass is 10.1. The molecule has 1 amide bonds. The molecular weight excluding hydrogens is 602 g/mol. The van der Waals surface area contributed by atoms with Crippen molar-refractivity contribution in [3.8, 4) is 0 Å². The van der Waals surface area contributed by atoms with Crippen LogP contribution >= 0.6 is 0 Å². The van der Waals surface area contributed by atoms with Gasteiger partial charge in [-0.05, 0) is 31.8 Å². The summed E-state index contributed by atoms with van der Waals surface area (Å²) in [4.78, 5) is 71.8. The van der Waals surface area contributed by atoms with E-state index in [9.17, 15) is 24.0 Å². The number of likely N-dealkylation sites (N-methyl/N-ethyl adjacent to an activating group) is 2. The maximum absolute atomic E-state index is 11.4. The molecule has 2 rings (SSSR count). The smallest absolute Gasteiger partial charge is 0.317 e. The summed E-state index contributed by atoms with van der Waals surface area (Å²) in [6.45, 7) is 17.8. The van der Waals surface area contributed by atoms with E-state index in [0.717, 1.165) is 52.1 Å². The van der Waals surface area contributed by atoms with E-state index >= 15 is 0 Å². The highest BCUT2D eigenvalue weighted by Gasteiger charge is 2.20. The summed E-state index contributed by atoms with van der Waals surface area (Å²) in [5.74, 6) is -1.05. The Morgan fingerprint density at radius 1 is 0.717 bits per heavy atom. The van der Waals surface area contributed by atoms with Crippen LogP contribution in [0.15, 0.2) is 9.59 Å². The van der Waals surface area contributed by atoms with Gasteiger partial charge in [0, 0.05) is 72.0 Å². The topological polar surface area (TPSA) is 212 Å². The van der Waals surface area contributed by atoms with Crippen molar-refractivity contribution in [2.75, 3.05) is 109 Å². The van der Waals surface area contributed by atoms with Gasteiger partial charge >= 0.3 is 11.9 Å². The van der Waals surface area contributed by atoms with Gasteiger partial charge in [0.25, 0.3) is 17.3 Å². The first-order valence-electron chi connectivity index (χ1n) is 15.8. The second-order valence-corrected chi connectivity index (χ2v) is 11.2. The minimum absolute atomic E-state index is 0.000446. The van der Waals surface area contributed by atoms with Crippen molar-refractivity contribution in [2.24, 2.45) is 5.92 Å². The third kappa shape index (κ3) is 19.0. The van der Waals surface area contributed by atoms with E-state index in [1.54, 1.807) is 0 Å². The Labute approximate surface area is 271 Å². The maximum Gasteiger partial charge on any atom is 0.317 e. The van der Waals surface area contributed by atoms with Gasteiger partial charge in [-0.15, -0.1) is 0 Å². The number of aliphatic carboxylic acids is 2. The van der Waals surface area contributed by atoms with Crippen LogP contribution in [0.25, 0.3) is 0 Å². The number of rotatable bonds is 16. The van der Waals surface area contributed by atoms with Gasteiger partial charge in [0.2, 0.25) is 6.41 Å². The number of carbonyl (C=O) groups is 4. The normalized spacial score (nSPS) is 15.7. The number of hydrogen-bond donors (Lipinski definition) is 6. The summed E-state index contributed by atoms with van der Waals surface area (Å²) in [6, 6.07) is 0. The Kier molecular flexibility index (Phi) is 23.6. The quantitative estimate of drug-likeness (QED) is 0.0745. The van der Waals surface area contributed by atoms with E-state index in [-0.39, 0.29) is 19.6 Å². The van der Waals surface area contributed by atoms with Crippen LogP contribution < -0.4 is 26.8 Å². The van der Waals surface area contributed by atoms with Gasteiger partial charge in [-0.1, -0.05) is 27.7 Å². The lowest BCUT2D eigenvalue weighted by Crippen LogP contribution is -2.47. The van der Waals surface area contributed by atoms with E-state index in [4.69, 9.17) is 20.1 Å². The average Bonchev–Trinajstić information content (AvgIpc) is 3.00.